The van der Waals surface area contributed by atoms with Crippen molar-refractivity contribution >= 4 is 0 Å². The van der Waals surface area contributed by atoms with Crippen LogP contribution in [0.25, 0.3) is 11.3 Å². The molecule has 0 fully saturated rings. The Hall–Kier alpha value is -1.81. The smallest absolute Gasteiger partial charge is 0.170 e. The van der Waals surface area contributed by atoms with Gasteiger partial charge in [0.2, 0.25) is 0 Å². The lowest BCUT2D eigenvalue weighted by atomic mass is 10.1. The summed E-state index contributed by atoms with van der Waals surface area (Å²) in [5.74, 6) is 0.888. The highest BCUT2D eigenvalue weighted by molar-refractivity contribution is 5.62. The van der Waals surface area contributed by atoms with E-state index in [1.54, 1.807) is 24.4 Å². The van der Waals surface area contributed by atoms with Crippen molar-refractivity contribution in [3.63, 3.8) is 0 Å². The van der Waals surface area contributed by atoms with Crippen LogP contribution in [0.1, 0.15) is 5.56 Å². The molecule has 2 rings (SSSR count). The van der Waals surface area contributed by atoms with E-state index >= 15 is 0 Å². The molecule has 4 nitrogen and oxygen atoms in total. The number of aromatic hydroxyl groups is 1. The van der Waals surface area contributed by atoms with Crippen LogP contribution in [0.2, 0.25) is 0 Å². The van der Waals surface area contributed by atoms with Gasteiger partial charge >= 0.3 is 0 Å². The second-order valence-electron chi connectivity index (χ2n) is 3.27. The topological polar surface area (TPSA) is 72.3 Å². The minimum absolute atomic E-state index is 0.211. The van der Waals surface area contributed by atoms with Crippen molar-refractivity contribution in [2.45, 2.75) is 6.42 Å². The van der Waals surface area contributed by atoms with E-state index in [0.717, 1.165) is 11.1 Å². The highest BCUT2D eigenvalue weighted by atomic mass is 16.5. The summed E-state index contributed by atoms with van der Waals surface area (Å²) in [4.78, 5) is 0. The molecule has 15 heavy (non-hydrogen) atoms. The Balaban J connectivity index is 2.40. The number of hydrogen-bond acceptors (Lipinski definition) is 4. The van der Waals surface area contributed by atoms with E-state index in [9.17, 15) is 5.11 Å². The van der Waals surface area contributed by atoms with Crippen LogP contribution in [-0.2, 0) is 6.42 Å². The minimum Gasteiger partial charge on any atom is -0.508 e. The minimum atomic E-state index is 0.211. The largest absolute Gasteiger partial charge is 0.508 e. The number of phenolic OH excluding ortho intramolecular Hbond substituents is 1. The predicted molar refractivity (Wildman–Crippen MR) is 56.4 cm³/mol. The molecule has 0 spiro atoms. The Morgan fingerprint density at radius 3 is 3.00 bits per heavy atom. The summed E-state index contributed by atoms with van der Waals surface area (Å²) in [6.07, 6.45) is 2.38. The molecule has 1 aromatic carbocycles. The van der Waals surface area contributed by atoms with Crippen LogP contribution in [0.3, 0.4) is 0 Å². The van der Waals surface area contributed by atoms with Gasteiger partial charge in [-0.1, -0.05) is 17.3 Å². The van der Waals surface area contributed by atoms with E-state index in [2.05, 4.69) is 5.16 Å². The van der Waals surface area contributed by atoms with Crippen LogP contribution in [0.5, 0.6) is 5.75 Å². The van der Waals surface area contributed by atoms with E-state index in [0.29, 0.717) is 18.7 Å². The summed E-state index contributed by atoms with van der Waals surface area (Å²) in [6.45, 7) is 0.549. The molecular weight excluding hydrogens is 192 g/mol. The molecule has 4 heteroatoms. The highest BCUT2D eigenvalue weighted by Crippen LogP contribution is 2.26. The Morgan fingerprint density at radius 1 is 1.40 bits per heavy atom. The van der Waals surface area contributed by atoms with Gasteiger partial charge in [0.1, 0.15) is 5.75 Å². The van der Waals surface area contributed by atoms with E-state index < -0.39 is 0 Å². The van der Waals surface area contributed by atoms with Crippen molar-refractivity contribution in [1.29, 1.82) is 0 Å². The molecule has 1 aromatic heterocycles. The number of nitrogens with two attached hydrogens (primary N) is 1. The van der Waals surface area contributed by atoms with Gasteiger partial charge in [-0.25, -0.2) is 0 Å². The molecule has 0 radical (unpaired) electrons. The second-order valence-corrected chi connectivity index (χ2v) is 3.27. The van der Waals surface area contributed by atoms with E-state index in [1.807, 2.05) is 6.07 Å². The zero-order valence-corrected chi connectivity index (χ0v) is 8.18. The van der Waals surface area contributed by atoms with Gasteiger partial charge in [0.25, 0.3) is 0 Å². The molecule has 78 valence electrons. The number of benzene rings is 1. The zero-order chi connectivity index (χ0) is 10.7. The number of phenols is 1. The highest BCUT2D eigenvalue weighted by Gasteiger charge is 2.10. The Labute approximate surface area is 87.3 Å². The van der Waals surface area contributed by atoms with Gasteiger partial charge < -0.3 is 15.4 Å². The third-order valence-corrected chi connectivity index (χ3v) is 2.17. The average molecular weight is 204 g/mol. The molecule has 2 aromatic rings. The summed E-state index contributed by atoms with van der Waals surface area (Å²) in [5.41, 5.74) is 7.25. The first-order valence-corrected chi connectivity index (χ1v) is 4.74. The van der Waals surface area contributed by atoms with Crippen molar-refractivity contribution in [1.82, 2.24) is 5.16 Å². The van der Waals surface area contributed by atoms with Crippen LogP contribution in [0.4, 0.5) is 0 Å². The van der Waals surface area contributed by atoms with Crippen LogP contribution in [0, 0.1) is 0 Å². The summed E-state index contributed by atoms with van der Waals surface area (Å²) in [5, 5.41) is 13.1. The fourth-order valence-electron chi connectivity index (χ4n) is 1.48. The first-order valence-electron chi connectivity index (χ1n) is 4.74. The predicted octanol–water partition coefficient (Wildman–Crippen LogP) is 1.55. The molecule has 0 bridgehead atoms. The molecule has 0 saturated heterocycles. The Kier molecular flexibility index (Phi) is 2.69. The number of nitrogens with zero attached hydrogens (tertiary/aromatic N) is 1. The molecule has 0 saturated carbocycles. The maximum atomic E-state index is 9.35. The van der Waals surface area contributed by atoms with Crippen LogP contribution in [-0.4, -0.2) is 16.8 Å². The monoisotopic (exact) mass is 204 g/mol. The van der Waals surface area contributed by atoms with E-state index in [4.69, 9.17) is 10.3 Å². The van der Waals surface area contributed by atoms with Gasteiger partial charge in [-0.2, -0.15) is 0 Å². The lowest BCUT2D eigenvalue weighted by Gasteiger charge is -2.00. The van der Waals surface area contributed by atoms with Crippen molar-refractivity contribution in [3.8, 4) is 17.1 Å². The molecule has 1 heterocycles. The number of aromatic nitrogens is 1. The van der Waals surface area contributed by atoms with Crippen molar-refractivity contribution < 1.29 is 9.63 Å². The Bertz CT molecular complexity index is 451. The third kappa shape index (κ3) is 1.99. The molecular formula is C11H12N2O2. The van der Waals surface area contributed by atoms with E-state index in [1.165, 1.54) is 0 Å². The maximum Gasteiger partial charge on any atom is 0.170 e. The summed E-state index contributed by atoms with van der Waals surface area (Å²) in [7, 11) is 0. The summed E-state index contributed by atoms with van der Waals surface area (Å²) in [6, 6.07) is 6.88. The van der Waals surface area contributed by atoms with Gasteiger partial charge in [-0.15, -0.1) is 0 Å². The zero-order valence-electron chi connectivity index (χ0n) is 8.18. The van der Waals surface area contributed by atoms with Crippen molar-refractivity contribution in [3.05, 3.63) is 36.0 Å². The number of hydrogen-bond donors (Lipinski definition) is 2. The maximum absolute atomic E-state index is 9.35. The van der Waals surface area contributed by atoms with Crippen molar-refractivity contribution in [2.75, 3.05) is 6.54 Å². The first kappa shape index (κ1) is 9.73. The molecule has 0 aliphatic heterocycles. The van der Waals surface area contributed by atoms with Crippen LogP contribution < -0.4 is 5.73 Å². The summed E-state index contributed by atoms with van der Waals surface area (Å²) < 4.78 is 5.14. The third-order valence-electron chi connectivity index (χ3n) is 2.17. The standard InChI is InChI=1S/C11H12N2O2/c12-5-4-9-7-13-15-11(9)8-2-1-3-10(14)6-8/h1-3,6-7,14H,4-5,12H2. The fourth-order valence-corrected chi connectivity index (χ4v) is 1.48. The fraction of sp³-hybridized carbons (Fsp3) is 0.182. The molecule has 3 N–H and O–H groups in total. The molecule has 0 aliphatic rings. The molecule has 0 unspecified atom stereocenters. The quantitative estimate of drug-likeness (QED) is 0.795. The molecule has 0 aliphatic carbocycles. The normalized spacial score (nSPS) is 10.5. The Morgan fingerprint density at radius 2 is 2.27 bits per heavy atom. The van der Waals surface area contributed by atoms with Crippen LogP contribution in [0.15, 0.2) is 35.0 Å². The number of rotatable bonds is 3. The van der Waals surface area contributed by atoms with Gasteiger partial charge in [-0.3, -0.25) is 0 Å². The lowest BCUT2D eigenvalue weighted by molar-refractivity contribution is 0.430. The van der Waals surface area contributed by atoms with Gasteiger partial charge in [0.15, 0.2) is 5.76 Å². The summed E-state index contributed by atoms with van der Waals surface area (Å²) >= 11 is 0. The first-order chi connectivity index (χ1) is 7.31. The van der Waals surface area contributed by atoms with Gasteiger partial charge in [0, 0.05) is 11.1 Å². The molecule has 0 atom stereocenters. The van der Waals surface area contributed by atoms with E-state index in [-0.39, 0.29) is 5.75 Å². The molecule has 0 amide bonds. The van der Waals surface area contributed by atoms with Crippen molar-refractivity contribution in [2.24, 2.45) is 5.73 Å². The average Bonchev–Trinajstić information content (AvgIpc) is 2.66. The second kappa shape index (κ2) is 4.14. The lowest BCUT2D eigenvalue weighted by Crippen LogP contribution is -2.02. The SMILES string of the molecule is NCCc1cnoc1-c1cccc(O)c1. The van der Waals surface area contributed by atoms with Gasteiger partial charge in [0.05, 0.1) is 6.20 Å². The van der Waals surface area contributed by atoms with Crippen LogP contribution >= 0.6 is 0 Å². The van der Waals surface area contributed by atoms with Gasteiger partial charge in [-0.05, 0) is 25.1 Å².